The molecule has 8 nitrogen and oxygen atoms in total. The van der Waals surface area contributed by atoms with E-state index in [-0.39, 0.29) is 17.0 Å². The van der Waals surface area contributed by atoms with Gasteiger partial charge in [-0.05, 0) is 29.1 Å². The molecule has 0 unspecified atom stereocenters. The summed E-state index contributed by atoms with van der Waals surface area (Å²) in [6.07, 6.45) is 1.72. The van der Waals surface area contributed by atoms with Crippen molar-refractivity contribution in [2.24, 2.45) is 0 Å². The Morgan fingerprint density at radius 2 is 1.79 bits per heavy atom. The van der Waals surface area contributed by atoms with Gasteiger partial charge in [0.1, 0.15) is 5.56 Å². The number of hydrogen-bond donors (Lipinski definition) is 0. The van der Waals surface area contributed by atoms with Crippen molar-refractivity contribution in [1.29, 1.82) is 0 Å². The smallest absolute Gasteiger partial charge is 0.263 e. The largest absolute Gasteiger partial charge is 0.338 e. The Kier molecular flexibility index (Phi) is 6.14. The van der Waals surface area contributed by atoms with Crippen LogP contribution in [0.1, 0.15) is 21.8 Å². The number of pyridine rings is 1. The lowest BCUT2D eigenvalue weighted by Crippen LogP contribution is -2.49. The van der Waals surface area contributed by atoms with Gasteiger partial charge >= 0.3 is 0 Å². The Morgan fingerprint density at radius 1 is 0.970 bits per heavy atom. The van der Waals surface area contributed by atoms with Crippen LogP contribution < -0.4 is 5.56 Å². The maximum Gasteiger partial charge on any atom is 0.263 e. The number of amides is 1. The molecule has 1 saturated heterocycles. The number of benzene rings is 1. The average molecular weight is 462 g/mol. The molecular formula is C24H23N5O3S. The molecule has 1 aliphatic heterocycles. The van der Waals surface area contributed by atoms with Crippen LogP contribution in [0.2, 0.25) is 0 Å². The Bertz CT molecular complexity index is 1270. The highest BCUT2D eigenvalue weighted by Crippen LogP contribution is 2.21. The highest BCUT2D eigenvalue weighted by molar-refractivity contribution is 7.13. The van der Waals surface area contributed by atoms with E-state index in [4.69, 9.17) is 4.52 Å². The van der Waals surface area contributed by atoms with Gasteiger partial charge in [0.2, 0.25) is 11.7 Å². The number of rotatable bonds is 6. The van der Waals surface area contributed by atoms with Crippen molar-refractivity contribution < 1.29 is 9.32 Å². The number of hydrogen-bond acceptors (Lipinski definition) is 7. The predicted molar refractivity (Wildman–Crippen MR) is 125 cm³/mol. The van der Waals surface area contributed by atoms with Gasteiger partial charge in [0.25, 0.3) is 11.5 Å². The first-order valence-electron chi connectivity index (χ1n) is 10.8. The van der Waals surface area contributed by atoms with Gasteiger partial charge in [-0.1, -0.05) is 41.6 Å². The molecule has 1 aromatic carbocycles. The monoisotopic (exact) mass is 461 g/mol. The first kappa shape index (κ1) is 21.3. The van der Waals surface area contributed by atoms with E-state index >= 15 is 0 Å². The average Bonchev–Trinajstić information content (AvgIpc) is 3.54. The summed E-state index contributed by atoms with van der Waals surface area (Å²) in [5, 5.41) is 6.03. The quantitative estimate of drug-likeness (QED) is 0.439. The summed E-state index contributed by atoms with van der Waals surface area (Å²) in [6.45, 7) is 3.40. The molecule has 0 N–H and O–H groups in total. The number of carbonyl (C=O) groups excluding carboxylic acids is 1. The highest BCUT2D eigenvalue weighted by Gasteiger charge is 2.25. The lowest BCUT2D eigenvalue weighted by Gasteiger charge is -2.33. The second kappa shape index (κ2) is 9.51. The number of carbonyl (C=O) groups is 1. The van der Waals surface area contributed by atoms with Gasteiger partial charge in [0, 0.05) is 32.4 Å². The van der Waals surface area contributed by atoms with Crippen LogP contribution in [0, 0.1) is 0 Å². The third kappa shape index (κ3) is 4.79. The zero-order valence-electron chi connectivity index (χ0n) is 18.0. The van der Waals surface area contributed by atoms with Crippen LogP contribution >= 0.6 is 11.3 Å². The van der Waals surface area contributed by atoms with E-state index in [0.29, 0.717) is 51.0 Å². The fourth-order valence-electron chi connectivity index (χ4n) is 3.90. The Morgan fingerprint density at radius 3 is 2.55 bits per heavy atom. The maximum absolute atomic E-state index is 13.1. The van der Waals surface area contributed by atoms with E-state index < -0.39 is 0 Å². The van der Waals surface area contributed by atoms with Crippen molar-refractivity contribution >= 4 is 17.2 Å². The topological polar surface area (TPSA) is 84.5 Å². The second-order valence-corrected chi connectivity index (χ2v) is 8.85. The minimum Gasteiger partial charge on any atom is -0.338 e. The molecule has 4 heterocycles. The fourth-order valence-corrected chi connectivity index (χ4v) is 4.55. The molecule has 0 radical (unpaired) electrons. The third-order valence-corrected chi connectivity index (χ3v) is 6.54. The van der Waals surface area contributed by atoms with Crippen molar-refractivity contribution in [2.75, 3.05) is 26.2 Å². The third-order valence-electron chi connectivity index (χ3n) is 5.67. The highest BCUT2D eigenvalue weighted by atomic mass is 32.1. The molecule has 9 heteroatoms. The molecule has 33 heavy (non-hydrogen) atoms. The van der Waals surface area contributed by atoms with Crippen LogP contribution in [-0.4, -0.2) is 56.6 Å². The zero-order chi connectivity index (χ0) is 22.6. The van der Waals surface area contributed by atoms with E-state index in [9.17, 15) is 9.59 Å². The summed E-state index contributed by atoms with van der Waals surface area (Å²) >= 11 is 1.57. The molecule has 1 aliphatic rings. The molecule has 3 aromatic heterocycles. The SMILES string of the molecule is O=C(c1cccn(Cc2ccccc2)c1=O)N1CCN(Cc2nc(-c3cccs3)no2)CC1. The van der Waals surface area contributed by atoms with Gasteiger partial charge in [0.15, 0.2) is 0 Å². The summed E-state index contributed by atoms with van der Waals surface area (Å²) < 4.78 is 6.97. The molecule has 0 spiro atoms. The van der Waals surface area contributed by atoms with Crippen molar-refractivity contribution in [3.8, 4) is 10.7 Å². The van der Waals surface area contributed by atoms with Gasteiger partial charge in [-0.15, -0.1) is 11.3 Å². The molecule has 4 aromatic rings. The molecule has 0 aliphatic carbocycles. The first-order chi connectivity index (χ1) is 16.2. The van der Waals surface area contributed by atoms with Gasteiger partial charge in [-0.25, -0.2) is 0 Å². The predicted octanol–water partition coefficient (Wildman–Crippen LogP) is 2.97. The molecule has 168 valence electrons. The zero-order valence-corrected chi connectivity index (χ0v) is 18.8. The van der Waals surface area contributed by atoms with Crippen LogP contribution in [0.3, 0.4) is 0 Å². The summed E-state index contributed by atoms with van der Waals surface area (Å²) in [5.41, 5.74) is 0.959. The summed E-state index contributed by atoms with van der Waals surface area (Å²) in [4.78, 5) is 35.4. The summed E-state index contributed by atoms with van der Waals surface area (Å²) in [5.74, 6) is 0.939. The Hall–Kier alpha value is -3.56. The van der Waals surface area contributed by atoms with E-state index in [2.05, 4.69) is 15.0 Å². The Labute approximate surface area is 194 Å². The van der Waals surface area contributed by atoms with E-state index in [1.54, 1.807) is 39.1 Å². The van der Waals surface area contributed by atoms with E-state index in [1.807, 2.05) is 47.8 Å². The van der Waals surface area contributed by atoms with Crippen LogP contribution in [0.4, 0.5) is 0 Å². The minimum atomic E-state index is -0.263. The minimum absolute atomic E-state index is 0.208. The summed E-state index contributed by atoms with van der Waals surface area (Å²) in [6, 6.07) is 17.0. The first-order valence-corrected chi connectivity index (χ1v) is 11.7. The molecule has 5 rings (SSSR count). The molecule has 0 bridgehead atoms. The van der Waals surface area contributed by atoms with Gasteiger partial charge in [-0.2, -0.15) is 4.98 Å². The molecule has 0 atom stereocenters. The van der Waals surface area contributed by atoms with Crippen LogP contribution in [0.5, 0.6) is 0 Å². The number of thiophene rings is 1. The van der Waals surface area contributed by atoms with Crippen LogP contribution in [-0.2, 0) is 13.1 Å². The van der Waals surface area contributed by atoms with E-state index in [0.717, 1.165) is 10.4 Å². The molecule has 1 amide bonds. The van der Waals surface area contributed by atoms with Gasteiger partial charge in [0.05, 0.1) is 18.0 Å². The van der Waals surface area contributed by atoms with Crippen LogP contribution in [0.15, 0.2) is 75.5 Å². The second-order valence-electron chi connectivity index (χ2n) is 7.90. The summed E-state index contributed by atoms with van der Waals surface area (Å²) in [7, 11) is 0. The van der Waals surface area contributed by atoms with Crippen molar-refractivity contribution in [1.82, 2.24) is 24.5 Å². The lowest BCUT2D eigenvalue weighted by atomic mass is 10.2. The van der Waals surface area contributed by atoms with Crippen molar-refractivity contribution in [3.63, 3.8) is 0 Å². The Balaban J connectivity index is 1.20. The number of aromatic nitrogens is 3. The molecular weight excluding hydrogens is 438 g/mol. The maximum atomic E-state index is 13.1. The van der Waals surface area contributed by atoms with Crippen molar-refractivity contribution in [2.45, 2.75) is 13.1 Å². The van der Waals surface area contributed by atoms with Gasteiger partial charge < -0.3 is 14.0 Å². The number of piperazine rings is 1. The number of nitrogens with zero attached hydrogens (tertiary/aromatic N) is 5. The molecule has 0 saturated carbocycles. The van der Waals surface area contributed by atoms with Crippen molar-refractivity contribution in [3.05, 3.63) is 93.5 Å². The van der Waals surface area contributed by atoms with Crippen LogP contribution in [0.25, 0.3) is 10.7 Å². The van der Waals surface area contributed by atoms with Gasteiger partial charge in [-0.3, -0.25) is 14.5 Å². The standard InChI is InChI=1S/C24H23N5O3S/c30-23(19-8-4-10-29(24(19)31)16-18-6-2-1-3-7-18)28-13-11-27(12-14-28)17-21-25-22(26-32-21)20-9-5-15-33-20/h1-10,15H,11-14,16-17H2. The lowest BCUT2D eigenvalue weighted by molar-refractivity contribution is 0.0612. The van der Waals surface area contributed by atoms with E-state index in [1.165, 1.54) is 0 Å². The normalized spacial score (nSPS) is 14.5. The fraction of sp³-hybridized carbons (Fsp3) is 0.250. The molecule has 1 fully saturated rings.